The smallest absolute Gasteiger partial charge is 0.119 e. The van der Waals surface area contributed by atoms with Crippen molar-refractivity contribution < 1.29 is 18.9 Å². The Kier molecular flexibility index (Phi) is 25.6. The highest BCUT2D eigenvalue weighted by atomic mass is 16.6. The van der Waals surface area contributed by atoms with Gasteiger partial charge >= 0.3 is 0 Å². The average molecular weight is 521 g/mol. The van der Waals surface area contributed by atoms with Gasteiger partial charge in [0.05, 0.1) is 33.0 Å². The number of benzene rings is 1. The molecule has 0 aliphatic rings. The second-order valence-electron chi connectivity index (χ2n) is 10.4. The second-order valence-corrected chi connectivity index (χ2v) is 10.4. The van der Waals surface area contributed by atoms with Crippen molar-refractivity contribution in [1.82, 2.24) is 0 Å². The maximum atomic E-state index is 5.78. The second kappa shape index (κ2) is 27.9. The van der Waals surface area contributed by atoms with Crippen LogP contribution in [-0.4, -0.2) is 46.2 Å². The Morgan fingerprint density at radius 3 is 1.32 bits per heavy atom. The highest BCUT2D eigenvalue weighted by Gasteiger charge is 1.98. The summed E-state index contributed by atoms with van der Waals surface area (Å²) in [6.45, 7) is 9.07. The first-order chi connectivity index (χ1) is 18.4. The van der Waals surface area contributed by atoms with Crippen molar-refractivity contribution in [1.29, 1.82) is 0 Å². The topological polar surface area (TPSA) is 36.9 Å². The molecular formula is C33H60O4. The molecule has 1 aromatic rings. The van der Waals surface area contributed by atoms with Gasteiger partial charge in [0, 0.05) is 6.61 Å². The molecule has 0 saturated heterocycles. The Morgan fingerprint density at radius 2 is 0.811 bits per heavy atom. The molecule has 4 nitrogen and oxygen atoms in total. The Bertz CT molecular complexity index is 560. The molecule has 1 aromatic carbocycles. The van der Waals surface area contributed by atoms with Crippen LogP contribution in [0, 0.1) is 0 Å². The predicted molar refractivity (Wildman–Crippen MR) is 158 cm³/mol. The van der Waals surface area contributed by atoms with Gasteiger partial charge in [0.1, 0.15) is 12.4 Å². The third kappa shape index (κ3) is 23.7. The quantitative estimate of drug-likeness (QED) is 0.0986. The standard InChI is InChI=1S/C33H60O4/c1-3-5-7-9-11-12-13-14-15-17-19-25-34-26-27-35-28-29-36-30-31-37-33-23-21-32(22-24-33)20-18-16-10-8-6-4-2/h21-24H,3-20,25-31H2,1-2H3. The van der Waals surface area contributed by atoms with Gasteiger partial charge in [-0.3, -0.25) is 0 Å². The van der Waals surface area contributed by atoms with E-state index in [1.54, 1.807) is 0 Å². The molecule has 0 heterocycles. The van der Waals surface area contributed by atoms with Gasteiger partial charge in [-0.15, -0.1) is 0 Å². The number of hydrogen-bond acceptors (Lipinski definition) is 4. The molecule has 4 heteroatoms. The van der Waals surface area contributed by atoms with Crippen molar-refractivity contribution in [3.05, 3.63) is 29.8 Å². The van der Waals surface area contributed by atoms with E-state index in [1.807, 2.05) is 0 Å². The Hall–Kier alpha value is -1.10. The van der Waals surface area contributed by atoms with Gasteiger partial charge in [0.25, 0.3) is 0 Å². The molecule has 0 aliphatic carbocycles. The van der Waals surface area contributed by atoms with Crippen molar-refractivity contribution in [3.63, 3.8) is 0 Å². The van der Waals surface area contributed by atoms with E-state index in [2.05, 4.69) is 38.1 Å². The molecule has 0 unspecified atom stereocenters. The zero-order valence-corrected chi connectivity index (χ0v) is 24.6. The lowest BCUT2D eigenvalue weighted by atomic mass is 10.0. The van der Waals surface area contributed by atoms with Crippen LogP contribution < -0.4 is 4.74 Å². The number of rotatable bonds is 29. The summed E-state index contributed by atoms with van der Waals surface area (Å²) in [7, 11) is 0. The molecule has 216 valence electrons. The molecule has 0 fully saturated rings. The van der Waals surface area contributed by atoms with Crippen LogP contribution in [-0.2, 0) is 20.6 Å². The monoisotopic (exact) mass is 520 g/mol. The highest BCUT2D eigenvalue weighted by Crippen LogP contribution is 2.15. The average Bonchev–Trinajstić information content (AvgIpc) is 2.92. The van der Waals surface area contributed by atoms with E-state index < -0.39 is 0 Å². The summed E-state index contributed by atoms with van der Waals surface area (Å²) in [5.41, 5.74) is 1.40. The maximum absolute atomic E-state index is 5.78. The number of aryl methyl sites for hydroxylation is 1. The van der Waals surface area contributed by atoms with E-state index in [9.17, 15) is 0 Å². The zero-order chi connectivity index (χ0) is 26.5. The van der Waals surface area contributed by atoms with E-state index in [-0.39, 0.29) is 0 Å². The Balaban J connectivity index is 1.77. The van der Waals surface area contributed by atoms with E-state index in [1.165, 1.54) is 121 Å². The molecule has 0 atom stereocenters. The summed E-state index contributed by atoms with van der Waals surface area (Å²) in [5.74, 6) is 0.918. The molecule has 0 spiro atoms. The maximum Gasteiger partial charge on any atom is 0.119 e. The van der Waals surface area contributed by atoms with E-state index >= 15 is 0 Å². The first-order valence-electron chi connectivity index (χ1n) is 15.8. The molecule has 0 amide bonds. The molecule has 0 aromatic heterocycles. The molecule has 0 bridgehead atoms. The lowest BCUT2D eigenvalue weighted by Crippen LogP contribution is -2.13. The van der Waals surface area contributed by atoms with E-state index in [0.29, 0.717) is 39.6 Å². The third-order valence-electron chi connectivity index (χ3n) is 6.88. The molecule has 0 radical (unpaired) electrons. The minimum Gasteiger partial charge on any atom is -0.491 e. The molecule has 1 rings (SSSR count). The fourth-order valence-electron chi connectivity index (χ4n) is 4.49. The largest absolute Gasteiger partial charge is 0.491 e. The van der Waals surface area contributed by atoms with Gasteiger partial charge in [-0.2, -0.15) is 0 Å². The summed E-state index contributed by atoms with van der Waals surface area (Å²) >= 11 is 0. The zero-order valence-electron chi connectivity index (χ0n) is 24.6. The normalized spacial score (nSPS) is 11.3. The number of ether oxygens (including phenoxy) is 4. The fraction of sp³-hybridized carbons (Fsp3) is 0.818. The molecule has 0 aliphatic heterocycles. The van der Waals surface area contributed by atoms with E-state index in [4.69, 9.17) is 18.9 Å². The van der Waals surface area contributed by atoms with Crippen LogP contribution in [0.1, 0.15) is 129 Å². The van der Waals surface area contributed by atoms with Crippen molar-refractivity contribution in [2.75, 3.05) is 46.2 Å². The van der Waals surface area contributed by atoms with E-state index in [0.717, 1.165) is 12.4 Å². The van der Waals surface area contributed by atoms with Gasteiger partial charge in [-0.25, -0.2) is 0 Å². The molecule has 37 heavy (non-hydrogen) atoms. The van der Waals surface area contributed by atoms with Gasteiger partial charge in [-0.1, -0.05) is 122 Å². The van der Waals surface area contributed by atoms with Crippen LogP contribution in [0.5, 0.6) is 5.75 Å². The summed E-state index contributed by atoms with van der Waals surface area (Å²) in [6, 6.07) is 8.53. The van der Waals surface area contributed by atoms with Crippen LogP contribution in [0.2, 0.25) is 0 Å². The predicted octanol–water partition coefficient (Wildman–Crippen LogP) is 9.33. The van der Waals surface area contributed by atoms with Crippen LogP contribution >= 0.6 is 0 Å². The lowest BCUT2D eigenvalue weighted by Gasteiger charge is -2.09. The minimum atomic E-state index is 0.568. The van der Waals surface area contributed by atoms with Crippen LogP contribution in [0.15, 0.2) is 24.3 Å². The first kappa shape index (κ1) is 33.9. The summed E-state index contributed by atoms with van der Waals surface area (Å²) in [5, 5.41) is 0. The summed E-state index contributed by atoms with van der Waals surface area (Å²) in [6.07, 6.45) is 24.3. The van der Waals surface area contributed by atoms with Crippen molar-refractivity contribution in [3.8, 4) is 5.75 Å². The van der Waals surface area contributed by atoms with Gasteiger partial charge in [0.15, 0.2) is 0 Å². The Morgan fingerprint density at radius 1 is 0.405 bits per heavy atom. The molecule has 0 saturated carbocycles. The SMILES string of the molecule is CCCCCCCCCCCCCOCCOCCOCCOc1ccc(CCCCCCCC)cc1. The first-order valence-corrected chi connectivity index (χ1v) is 15.8. The summed E-state index contributed by atoms with van der Waals surface area (Å²) in [4.78, 5) is 0. The number of unbranched alkanes of at least 4 members (excludes halogenated alkanes) is 15. The molecule has 0 N–H and O–H groups in total. The van der Waals surface area contributed by atoms with Crippen molar-refractivity contribution in [2.45, 2.75) is 129 Å². The third-order valence-corrected chi connectivity index (χ3v) is 6.88. The van der Waals surface area contributed by atoms with Gasteiger partial charge in [-0.05, 0) is 37.0 Å². The van der Waals surface area contributed by atoms with Crippen LogP contribution in [0.4, 0.5) is 0 Å². The molecular weight excluding hydrogens is 460 g/mol. The lowest BCUT2D eigenvalue weighted by molar-refractivity contribution is 0.00878. The number of hydrogen-bond donors (Lipinski definition) is 0. The van der Waals surface area contributed by atoms with Crippen molar-refractivity contribution >= 4 is 0 Å². The van der Waals surface area contributed by atoms with Gasteiger partial charge in [0.2, 0.25) is 0 Å². The van der Waals surface area contributed by atoms with Gasteiger partial charge < -0.3 is 18.9 Å². The summed E-state index contributed by atoms with van der Waals surface area (Å²) < 4.78 is 22.6. The highest BCUT2D eigenvalue weighted by molar-refractivity contribution is 5.27. The van der Waals surface area contributed by atoms with Crippen LogP contribution in [0.25, 0.3) is 0 Å². The fourth-order valence-corrected chi connectivity index (χ4v) is 4.49. The van der Waals surface area contributed by atoms with Crippen LogP contribution in [0.3, 0.4) is 0 Å². The minimum absolute atomic E-state index is 0.568. The Labute approximate surface area is 230 Å². The van der Waals surface area contributed by atoms with Crippen molar-refractivity contribution in [2.24, 2.45) is 0 Å².